The van der Waals surface area contributed by atoms with Crippen LogP contribution in [-0.4, -0.2) is 27.5 Å². The molecule has 0 saturated heterocycles. The molecule has 106 valence electrons. The lowest BCUT2D eigenvalue weighted by Crippen LogP contribution is -2.28. The molecule has 0 radical (unpaired) electrons. The Balaban J connectivity index is 3.09. The van der Waals surface area contributed by atoms with Crippen molar-refractivity contribution in [3.63, 3.8) is 0 Å². The lowest BCUT2D eigenvalue weighted by molar-refractivity contribution is -0.123. The predicted octanol–water partition coefficient (Wildman–Crippen LogP) is 1.75. The summed E-state index contributed by atoms with van der Waals surface area (Å²) in [5.74, 6) is -0.202. The van der Waals surface area contributed by atoms with Gasteiger partial charge < -0.3 is 10.1 Å². The molecule has 0 atom stereocenters. The van der Waals surface area contributed by atoms with Crippen molar-refractivity contribution in [2.75, 3.05) is 13.2 Å². The number of hydrogen-bond acceptors (Lipinski definition) is 4. The Kier molecular flexibility index (Phi) is 5.20. The summed E-state index contributed by atoms with van der Waals surface area (Å²) in [5, 5.41) is 2.56. The molecule has 0 aliphatic heterocycles. The molecule has 0 saturated carbocycles. The van der Waals surface area contributed by atoms with Crippen molar-refractivity contribution in [1.82, 2.24) is 5.32 Å². The molecular weight excluding hydrogens is 290 g/mol. The summed E-state index contributed by atoms with van der Waals surface area (Å²) >= 11 is 0. The van der Waals surface area contributed by atoms with Crippen molar-refractivity contribution in [2.24, 2.45) is 0 Å². The van der Waals surface area contributed by atoms with E-state index in [2.05, 4.69) is 5.32 Å². The maximum absolute atomic E-state index is 11.5. The number of aryl methyl sites for hydroxylation is 2. The van der Waals surface area contributed by atoms with Gasteiger partial charge in [0.2, 0.25) is 0 Å². The Morgan fingerprint density at radius 3 is 2.53 bits per heavy atom. The summed E-state index contributed by atoms with van der Waals surface area (Å²) in [6.45, 7) is 5.47. The Hall–Kier alpha value is -1.27. The van der Waals surface area contributed by atoms with E-state index < -0.39 is 9.05 Å². The summed E-state index contributed by atoms with van der Waals surface area (Å²) in [6, 6.07) is 3.18. The predicted molar refractivity (Wildman–Crippen MR) is 73.1 cm³/mol. The standard InChI is InChI=1S/C12H16ClNO4S/c1-4-14-11(15)7-18-12-9(3)5-8(2)6-10(12)19(13,16)17/h5-6H,4,7H2,1-3H3,(H,14,15). The Labute approximate surface area is 117 Å². The van der Waals surface area contributed by atoms with E-state index in [-0.39, 0.29) is 23.2 Å². The van der Waals surface area contributed by atoms with Crippen LogP contribution in [0.15, 0.2) is 17.0 Å². The molecule has 0 heterocycles. The molecule has 0 fully saturated rings. The minimum Gasteiger partial charge on any atom is -0.482 e. The van der Waals surface area contributed by atoms with Crippen molar-refractivity contribution >= 4 is 25.6 Å². The van der Waals surface area contributed by atoms with Crippen LogP contribution in [0.4, 0.5) is 0 Å². The zero-order chi connectivity index (χ0) is 14.6. The van der Waals surface area contributed by atoms with Crippen LogP contribution in [0.5, 0.6) is 5.75 Å². The smallest absolute Gasteiger partial charge is 0.265 e. The second kappa shape index (κ2) is 6.25. The molecule has 5 nitrogen and oxygen atoms in total. The molecule has 1 amide bonds. The van der Waals surface area contributed by atoms with E-state index >= 15 is 0 Å². The first-order valence-corrected chi connectivity index (χ1v) is 8.02. The molecule has 19 heavy (non-hydrogen) atoms. The second-order valence-corrected chi connectivity index (χ2v) is 6.62. The van der Waals surface area contributed by atoms with Crippen LogP contribution >= 0.6 is 10.7 Å². The first-order chi connectivity index (χ1) is 8.75. The number of hydrogen-bond donors (Lipinski definition) is 1. The highest BCUT2D eigenvalue weighted by Crippen LogP contribution is 2.31. The molecule has 1 aromatic rings. The van der Waals surface area contributed by atoms with Gasteiger partial charge in [0, 0.05) is 17.2 Å². The quantitative estimate of drug-likeness (QED) is 0.841. The van der Waals surface area contributed by atoms with Crippen LogP contribution in [-0.2, 0) is 13.8 Å². The van der Waals surface area contributed by atoms with Crippen LogP contribution in [0.25, 0.3) is 0 Å². The molecule has 1 N–H and O–H groups in total. The molecule has 0 aliphatic carbocycles. The van der Waals surface area contributed by atoms with E-state index in [9.17, 15) is 13.2 Å². The Bertz CT molecular complexity index is 584. The lowest BCUT2D eigenvalue weighted by atomic mass is 10.1. The van der Waals surface area contributed by atoms with E-state index in [1.165, 1.54) is 6.07 Å². The zero-order valence-electron chi connectivity index (χ0n) is 11.0. The molecule has 0 aromatic heterocycles. The van der Waals surface area contributed by atoms with Crippen molar-refractivity contribution in [3.8, 4) is 5.75 Å². The number of benzene rings is 1. The van der Waals surface area contributed by atoms with Gasteiger partial charge in [-0.15, -0.1) is 0 Å². The van der Waals surface area contributed by atoms with Gasteiger partial charge in [-0.2, -0.15) is 0 Å². The maximum atomic E-state index is 11.5. The minimum atomic E-state index is -3.92. The third-order valence-corrected chi connectivity index (χ3v) is 3.70. The molecule has 1 rings (SSSR count). The largest absolute Gasteiger partial charge is 0.482 e. The van der Waals surface area contributed by atoms with Crippen LogP contribution in [0.2, 0.25) is 0 Å². The third kappa shape index (κ3) is 4.40. The number of carbonyl (C=O) groups excluding carboxylic acids is 1. The average molecular weight is 306 g/mol. The normalized spacial score (nSPS) is 11.2. The van der Waals surface area contributed by atoms with Gasteiger partial charge in [-0.3, -0.25) is 4.79 Å². The van der Waals surface area contributed by atoms with Gasteiger partial charge in [-0.05, 0) is 38.0 Å². The molecule has 0 aliphatic rings. The molecule has 0 bridgehead atoms. The van der Waals surface area contributed by atoms with Crippen LogP contribution in [0.1, 0.15) is 18.1 Å². The number of ether oxygens (including phenoxy) is 1. The zero-order valence-corrected chi connectivity index (χ0v) is 12.6. The lowest BCUT2D eigenvalue weighted by Gasteiger charge is -2.13. The van der Waals surface area contributed by atoms with E-state index in [1.807, 2.05) is 0 Å². The van der Waals surface area contributed by atoms with Crippen LogP contribution in [0, 0.1) is 13.8 Å². The van der Waals surface area contributed by atoms with Gasteiger partial charge in [-0.25, -0.2) is 8.42 Å². The van der Waals surface area contributed by atoms with Crippen molar-refractivity contribution < 1.29 is 17.9 Å². The van der Waals surface area contributed by atoms with E-state index in [0.29, 0.717) is 12.1 Å². The fraction of sp³-hybridized carbons (Fsp3) is 0.417. The van der Waals surface area contributed by atoms with E-state index in [1.54, 1.807) is 26.8 Å². The first kappa shape index (κ1) is 15.8. The van der Waals surface area contributed by atoms with Gasteiger partial charge in [0.1, 0.15) is 10.6 Å². The molecular formula is C12H16ClNO4S. The Morgan fingerprint density at radius 2 is 2.00 bits per heavy atom. The SMILES string of the molecule is CCNC(=O)COc1c(C)cc(C)cc1S(=O)(=O)Cl. The van der Waals surface area contributed by atoms with Crippen molar-refractivity contribution in [3.05, 3.63) is 23.3 Å². The highest BCUT2D eigenvalue weighted by atomic mass is 35.7. The monoisotopic (exact) mass is 305 g/mol. The summed E-state index contributed by atoms with van der Waals surface area (Å²) in [4.78, 5) is 11.2. The second-order valence-electron chi connectivity index (χ2n) is 4.09. The van der Waals surface area contributed by atoms with Gasteiger partial charge in [-0.1, -0.05) is 6.07 Å². The van der Waals surface area contributed by atoms with Gasteiger partial charge in [0.25, 0.3) is 15.0 Å². The topological polar surface area (TPSA) is 72.5 Å². The third-order valence-electron chi connectivity index (χ3n) is 2.37. The Morgan fingerprint density at radius 1 is 1.37 bits per heavy atom. The fourth-order valence-electron chi connectivity index (χ4n) is 1.67. The highest BCUT2D eigenvalue weighted by molar-refractivity contribution is 8.13. The maximum Gasteiger partial charge on any atom is 0.265 e. The van der Waals surface area contributed by atoms with Crippen molar-refractivity contribution in [1.29, 1.82) is 0 Å². The van der Waals surface area contributed by atoms with Gasteiger partial charge >= 0.3 is 0 Å². The van der Waals surface area contributed by atoms with Crippen molar-refractivity contribution in [2.45, 2.75) is 25.7 Å². The van der Waals surface area contributed by atoms with Crippen LogP contribution in [0.3, 0.4) is 0 Å². The van der Waals surface area contributed by atoms with Gasteiger partial charge in [0.15, 0.2) is 6.61 Å². The minimum absolute atomic E-state index is 0.115. The number of amides is 1. The summed E-state index contributed by atoms with van der Waals surface area (Å²) in [6.07, 6.45) is 0. The summed E-state index contributed by atoms with van der Waals surface area (Å²) in [7, 11) is 1.45. The van der Waals surface area contributed by atoms with Gasteiger partial charge in [0.05, 0.1) is 0 Å². The fourth-order valence-corrected chi connectivity index (χ4v) is 2.78. The number of carbonyl (C=O) groups is 1. The summed E-state index contributed by atoms with van der Waals surface area (Å²) < 4.78 is 28.3. The average Bonchev–Trinajstić information content (AvgIpc) is 2.26. The van der Waals surface area contributed by atoms with E-state index in [0.717, 1.165) is 5.56 Å². The first-order valence-electron chi connectivity index (χ1n) is 5.71. The highest BCUT2D eigenvalue weighted by Gasteiger charge is 2.20. The number of nitrogens with one attached hydrogen (secondary N) is 1. The number of likely N-dealkylation sites (N-methyl/N-ethyl adjacent to an activating group) is 1. The number of rotatable bonds is 5. The molecule has 7 heteroatoms. The number of halogens is 1. The van der Waals surface area contributed by atoms with E-state index in [4.69, 9.17) is 15.4 Å². The molecule has 0 spiro atoms. The molecule has 0 unspecified atom stereocenters. The van der Waals surface area contributed by atoms with Crippen LogP contribution < -0.4 is 10.1 Å². The molecule has 1 aromatic carbocycles. The summed E-state index contributed by atoms with van der Waals surface area (Å²) in [5.41, 5.74) is 1.37.